The van der Waals surface area contributed by atoms with E-state index in [1.165, 1.54) is 34.6 Å². The van der Waals surface area contributed by atoms with Crippen molar-refractivity contribution in [3.05, 3.63) is 51.7 Å². The number of thiophene rings is 1. The van der Waals surface area contributed by atoms with Gasteiger partial charge in [-0.2, -0.15) is 0 Å². The molecule has 3 nitrogen and oxygen atoms in total. The first-order valence-corrected chi connectivity index (χ1v) is 8.24. The molecule has 1 aliphatic rings. The second kappa shape index (κ2) is 6.41. The van der Waals surface area contributed by atoms with Crippen molar-refractivity contribution in [1.29, 1.82) is 0 Å². The standard InChI is InChI=1S/C17H20N2OS/c1-12(17(20)19-14-7-3-2-4-8-14)18-11-15-10-13-6-5-9-16(13)21-15/h2-4,7-8,10,12,18H,5-6,9,11H2,1H3,(H,19,20). The van der Waals surface area contributed by atoms with E-state index in [0.717, 1.165) is 12.2 Å². The third kappa shape index (κ3) is 3.52. The molecule has 1 aliphatic carbocycles. The van der Waals surface area contributed by atoms with Crippen molar-refractivity contribution in [2.24, 2.45) is 0 Å². The van der Waals surface area contributed by atoms with Gasteiger partial charge in [0.25, 0.3) is 0 Å². The average Bonchev–Trinajstić information content (AvgIpc) is 3.06. The van der Waals surface area contributed by atoms with E-state index in [0.29, 0.717) is 0 Å². The first-order valence-electron chi connectivity index (χ1n) is 7.42. The molecule has 1 atom stereocenters. The van der Waals surface area contributed by atoms with Gasteiger partial charge in [0, 0.05) is 22.0 Å². The Morgan fingerprint density at radius 3 is 2.86 bits per heavy atom. The lowest BCUT2D eigenvalue weighted by atomic mass is 10.2. The van der Waals surface area contributed by atoms with Crippen LogP contribution in [-0.2, 0) is 24.2 Å². The molecule has 4 heteroatoms. The third-order valence-corrected chi connectivity index (χ3v) is 5.05. The second-order valence-electron chi connectivity index (χ2n) is 5.47. The summed E-state index contributed by atoms with van der Waals surface area (Å²) < 4.78 is 0. The molecule has 0 saturated carbocycles. The van der Waals surface area contributed by atoms with Gasteiger partial charge in [-0.05, 0) is 49.9 Å². The average molecular weight is 300 g/mol. The fraction of sp³-hybridized carbons (Fsp3) is 0.353. The highest BCUT2D eigenvalue weighted by atomic mass is 32.1. The Kier molecular flexibility index (Phi) is 4.36. The highest BCUT2D eigenvalue weighted by molar-refractivity contribution is 7.12. The molecule has 1 heterocycles. The van der Waals surface area contributed by atoms with Crippen LogP contribution in [0.3, 0.4) is 0 Å². The first kappa shape index (κ1) is 14.3. The van der Waals surface area contributed by atoms with E-state index in [4.69, 9.17) is 0 Å². The number of fused-ring (bicyclic) bond motifs is 1. The Balaban J connectivity index is 1.51. The zero-order valence-corrected chi connectivity index (χ0v) is 13.0. The number of para-hydroxylation sites is 1. The first-order chi connectivity index (χ1) is 10.2. The Hall–Kier alpha value is -1.65. The summed E-state index contributed by atoms with van der Waals surface area (Å²) in [7, 11) is 0. The Morgan fingerprint density at radius 1 is 1.29 bits per heavy atom. The van der Waals surface area contributed by atoms with Crippen LogP contribution >= 0.6 is 11.3 Å². The number of anilines is 1. The van der Waals surface area contributed by atoms with Gasteiger partial charge in [0.2, 0.25) is 5.91 Å². The molecular weight excluding hydrogens is 280 g/mol. The maximum absolute atomic E-state index is 12.1. The van der Waals surface area contributed by atoms with Crippen LogP contribution in [0.15, 0.2) is 36.4 Å². The Bertz CT molecular complexity index is 599. The number of aryl methyl sites for hydroxylation is 2. The van der Waals surface area contributed by atoms with Crippen LogP contribution in [0.25, 0.3) is 0 Å². The van der Waals surface area contributed by atoms with E-state index < -0.39 is 0 Å². The predicted molar refractivity (Wildman–Crippen MR) is 87.7 cm³/mol. The molecule has 2 aromatic rings. The quantitative estimate of drug-likeness (QED) is 0.889. The summed E-state index contributed by atoms with van der Waals surface area (Å²) >= 11 is 1.89. The SMILES string of the molecule is CC(NCc1cc2c(s1)CCC2)C(=O)Nc1ccccc1. The number of rotatable bonds is 5. The van der Waals surface area contributed by atoms with Gasteiger partial charge in [-0.25, -0.2) is 0 Å². The van der Waals surface area contributed by atoms with Gasteiger partial charge >= 0.3 is 0 Å². The smallest absolute Gasteiger partial charge is 0.241 e. The van der Waals surface area contributed by atoms with Crippen LogP contribution in [0.4, 0.5) is 5.69 Å². The van der Waals surface area contributed by atoms with Crippen LogP contribution in [-0.4, -0.2) is 11.9 Å². The molecule has 1 amide bonds. The predicted octanol–water partition coefficient (Wildman–Crippen LogP) is 3.35. The van der Waals surface area contributed by atoms with Crippen LogP contribution < -0.4 is 10.6 Å². The van der Waals surface area contributed by atoms with Crippen molar-refractivity contribution >= 4 is 22.9 Å². The number of amides is 1. The second-order valence-corrected chi connectivity index (χ2v) is 6.69. The minimum atomic E-state index is -0.206. The highest BCUT2D eigenvalue weighted by Crippen LogP contribution is 2.30. The highest BCUT2D eigenvalue weighted by Gasteiger charge is 2.16. The van der Waals surface area contributed by atoms with E-state index >= 15 is 0 Å². The van der Waals surface area contributed by atoms with Crippen molar-refractivity contribution in [1.82, 2.24) is 5.32 Å². The van der Waals surface area contributed by atoms with E-state index in [1.54, 1.807) is 0 Å². The van der Waals surface area contributed by atoms with E-state index in [-0.39, 0.29) is 11.9 Å². The molecule has 1 unspecified atom stereocenters. The molecule has 2 N–H and O–H groups in total. The van der Waals surface area contributed by atoms with Crippen molar-refractivity contribution < 1.29 is 4.79 Å². The van der Waals surface area contributed by atoms with Crippen molar-refractivity contribution in [3.63, 3.8) is 0 Å². The van der Waals surface area contributed by atoms with E-state index in [1.807, 2.05) is 48.6 Å². The Morgan fingerprint density at radius 2 is 2.10 bits per heavy atom. The number of nitrogens with one attached hydrogen (secondary N) is 2. The maximum Gasteiger partial charge on any atom is 0.241 e. The summed E-state index contributed by atoms with van der Waals surface area (Å²) in [6.45, 7) is 2.67. The summed E-state index contributed by atoms with van der Waals surface area (Å²) in [6, 6.07) is 11.7. The third-order valence-electron chi connectivity index (χ3n) is 3.81. The lowest BCUT2D eigenvalue weighted by Crippen LogP contribution is -2.37. The van der Waals surface area contributed by atoms with Crippen LogP contribution in [0.2, 0.25) is 0 Å². The van der Waals surface area contributed by atoms with Crippen LogP contribution in [0.1, 0.15) is 28.7 Å². The summed E-state index contributed by atoms with van der Waals surface area (Å²) in [5.41, 5.74) is 2.35. The molecule has 0 saturated heterocycles. The molecule has 21 heavy (non-hydrogen) atoms. The largest absolute Gasteiger partial charge is 0.325 e. The van der Waals surface area contributed by atoms with Gasteiger partial charge in [0.15, 0.2) is 0 Å². The number of hydrogen-bond acceptors (Lipinski definition) is 3. The molecular formula is C17H20N2OS. The zero-order chi connectivity index (χ0) is 14.7. The molecule has 0 bridgehead atoms. The van der Waals surface area contributed by atoms with Gasteiger partial charge < -0.3 is 10.6 Å². The van der Waals surface area contributed by atoms with Crippen molar-refractivity contribution in [2.45, 2.75) is 38.8 Å². The summed E-state index contributed by atoms with van der Waals surface area (Å²) in [5.74, 6) is 0.00490. The summed E-state index contributed by atoms with van der Waals surface area (Å²) in [4.78, 5) is 15.0. The van der Waals surface area contributed by atoms with Gasteiger partial charge in [-0.1, -0.05) is 18.2 Å². The maximum atomic E-state index is 12.1. The van der Waals surface area contributed by atoms with Gasteiger partial charge in [-0.15, -0.1) is 11.3 Å². The molecule has 0 aliphatic heterocycles. The molecule has 0 fully saturated rings. The molecule has 3 rings (SSSR count). The normalized spacial score (nSPS) is 14.7. The van der Waals surface area contributed by atoms with Crippen LogP contribution in [0.5, 0.6) is 0 Å². The minimum Gasteiger partial charge on any atom is -0.325 e. The Labute approximate surface area is 129 Å². The zero-order valence-electron chi connectivity index (χ0n) is 12.2. The summed E-state index contributed by atoms with van der Waals surface area (Å²) in [6.07, 6.45) is 3.74. The fourth-order valence-electron chi connectivity index (χ4n) is 2.60. The van der Waals surface area contributed by atoms with Crippen molar-refractivity contribution in [3.8, 4) is 0 Å². The van der Waals surface area contributed by atoms with E-state index in [2.05, 4.69) is 16.7 Å². The molecule has 1 aromatic heterocycles. The minimum absolute atomic E-state index is 0.00490. The van der Waals surface area contributed by atoms with Crippen molar-refractivity contribution in [2.75, 3.05) is 5.32 Å². The number of hydrogen-bond donors (Lipinski definition) is 2. The number of carbonyl (C=O) groups excluding carboxylic acids is 1. The molecule has 0 radical (unpaired) electrons. The van der Waals surface area contributed by atoms with Gasteiger partial charge in [0.1, 0.15) is 0 Å². The fourth-order valence-corrected chi connectivity index (χ4v) is 3.81. The van der Waals surface area contributed by atoms with E-state index in [9.17, 15) is 4.79 Å². The molecule has 0 spiro atoms. The lowest BCUT2D eigenvalue weighted by molar-refractivity contribution is -0.117. The number of carbonyl (C=O) groups is 1. The monoisotopic (exact) mass is 300 g/mol. The molecule has 1 aromatic carbocycles. The lowest BCUT2D eigenvalue weighted by Gasteiger charge is -2.13. The topological polar surface area (TPSA) is 41.1 Å². The molecule has 110 valence electrons. The van der Waals surface area contributed by atoms with Crippen LogP contribution in [0, 0.1) is 0 Å². The number of benzene rings is 1. The summed E-state index contributed by atoms with van der Waals surface area (Å²) in [5, 5.41) is 6.22. The van der Waals surface area contributed by atoms with Gasteiger partial charge in [0.05, 0.1) is 6.04 Å². The van der Waals surface area contributed by atoms with Gasteiger partial charge in [-0.3, -0.25) is 4.79 Å².